The molecule has 2 amide bonds. The Labute approximate surface area is 183 Å². The number of amides is 2. The maximum absolute atomic E-state index is 12.8. The van der Waals surface area contributed by atoms with Crippen LogP contribution in [0.1, 0.15) is 42.5 Å². The van der Waals surface area contributed by atoms with Gasteiger partial charge in [0.25, 0.3) is 11.8 Å². The standard InChI is InChI=1S/C23H19ClN2O5/c1-13-10-18(14(2)26(13)19-11-15(24)8-9-20(19)30-3)23(29)31-12-25-21(27)16-6-4-5-7-17(16)22(25)28/h4-11H,12H2,1-3H3. The summed E-state index contributed by atoms with van der Waals surface area (Å²) >= 11 is 6.16. The van der Waals surface area contributed by atoms with Gasteiger partial charge in [-0.2, -0.15) is 0 Å². The van der Waals surface area contributed by atoms with E-state index in [4.69, 9.17) is 21.1 Å². The summed E-state index contributed by atoms with van der Waals surface area (Å²) < 4.78 is 12.6. The molecule has 3 aromatic rings. The van der Waals surface area contributed by atoms with Gasteiger partial charge in [0.2, 0.25) is 0 Å². The summed E-state index contributed by atoms with van der Waals surface area (Å²) in [4.78, 5) is 38.6. The van der Waals surface area contributed by atoms with Gasteiger partial charge in [-0.05, 0) is 50.2 Å². The number of fused-ring (bicyclic) bond motifs is 1. The van der Waals surface area contributed by atoms with Crippen molar-refractivity contribution in [1.82, 2.24) is 9.47 Å². The van der Waals surface area contributed by atoms with E-state index >= 15 is 0 Å². The quantitative estimate of drug-likeness (QED) is 0.441. The highest BCUT2D eigenvalue weighted by Crippen LogP contribution is 2.31. The number of nitrogens with zero attached hydrogens (tertiary/aromatic N) is 2. The van der Waals surface area contributed by atoms with Crippen molar-refractivity contribution in [2.45, 2.75) is 13.8 Å². The average molecular weight is 439 g/mol. The highest BCUT2D eigenvalue weighted by molar-refractivity contribution is 6.30. The Kier molecular flexibility index (Phi) is 5.29. The van der Waals surface area contributed by atoms with Gasteiger partial charge in [0.1, 0.15) is 5.75 Å². The number of hydrogen-bond acceptors (Lipinski definition) is 5. The fraction of sp³-hybridized carbons (Fsp3) is 0.174. The average Bonchev–Trinajstić information content (AvgIpc) is 3.19. The number of aromatic nitrogens is 1. The minimum atomic E-state index is -0.642. The van der Waals surface area contributed by atoms with Gasteiger partial charge in [0.05, 0.1) is 29.5 Å². The van der Waals surface area contributed by atoms with E-state index < -0.39 is 24.5 Å². The van der Waals surface area contributed by atoms with Crippen LogP contribution in [0.5, 0.6) is 5.75 Å². The molecule has 1 aliphatic rings. The number of esters is 1. The van der Waals surface area contributed by atoms with Gasteiger partial charge in [-0.15, -0.1) is 0 Å². The van der Waals surface area contributed by atoms with Crippen molar-refractivity contribution in [2.24, 2.45) is 0 Å². The van der Waals surface area contributed by atoms with Crippen LogP contribution in [0.3, 0.4) is 0 Å². The van der Waals surface area contributed by atoms with Crippen molar-refractivity contribution in [1.29, 1.82) is 0 Å². The Morgan fingerprint density at radius 3 is 2.26 bits per heavy atom. The molecule has 7 nitrogen and oxygen atoms in total. The van der Waals surface area contributed by atoms with Crippen molar-refractivity contribution in [2.75, 3.05) is 13.8 Å². The van der Waals surface area contributed by atoms with Crippen LogP contribution in [0.2, 0.25) is 5.02 Å². The zero-order valence-electron chi connectivity index (χ0n) is 17.1. The van der Waals surface area contributed by atoms with Crippen LogP contribution >= 0.6 is 11.6 Å². The summed E-state index contributed by atoms with van der Waals surface area (Å²) in [5.74, 6) is -1.01. The normalized spacial score (nSPS) is 12.8. The largest absolute Gasteiger partial charge is 0.495 e. The van der Waals surface area contributed by atoms with Gasteiger partial charge in [0.15, 0.2) is 6.73 Å². The summed E-state index contributed by atoms with van der Waals surface area (Å²) in [5, 5.41) is 0.526. The lowest BCUT2D eigenvalue weighted by Gasteiger charge is -2.15. The van der Waals surface area contributed by atoms with Crippen LogP contribution < -0.4 is 4.74 Å². The van der Waals surface area contributed by atoms with Gasteiger partial charge in [-0.25, -0.2) is 9.69 Å². The van der Waals surface area contributed by atoms with Crippen molar-refractivity contribution < 1.29 is 23.9 Å². The lowest BCUT2D eigenvalue weighted by atomic mass is 10.1. The van der Waals surface area contributed by atoms with Gasteiger partial charge < -0.3 is 14.0 Å². The molecule has 0 unspecified atom stereocenters. The first kappa shape index (κ1) is 20.7. The molecule has 2 heterocycles. The predicted octanol–water partition coefficient (Wildman–Crippen LogP) is 4.17. The third-order valence-corrected chi connectivity index (χ3v) is 5.47. The lowest BCUT2D eigenvalue weighted by molar-refractivity contribution is 0.0227. The maximum Gasteiger partial charge on any atom is 0.341 e. The first-order valence-electron chi connectivity index (χ1n) is 9.48. The van der Waals surface area contributed by atoms with Gasteiger partial charge in [0, 0.05) is 16.4 Å². The van der Waals surface area contributed by atoms with Crippen molar-refractivity contribution >= 4 is 29.4 Å². The third kappa shape index (κ3) is 3.47. The molecule has 1 aliphatic heterocycles. The second-order valence-electron chi connectivity index (χ2n) is 7.08. The van der Waals surface area contributed by atoms with Crippen molar-refractivity contribution in [3.8, 4) is 11.4 Å². The minimum absolute atomic E-state index is 0.301. The Morgan fingerprint density at radius 2 is 1.65 bits per heavy atom. The number of ether oxygens (including phenoxy) is 2. The number of carbonyl (C=O) groups is 3. The molecular weight excluding hydrogens is 420 g/mol. The summed E-state index contributed by atoms with van der Waals surface area (Å²) in [6.07, 6.45) is 0. The number of methoxy groups -OCH3 is 1. The van der Waals surface area contributed by atoms with Crippen LogP contribution in [0, 0.1) is 13.8 Å². The second-order valence-corrected chi connectivity index (χ2v) is 7.52. The van der Waals surface area contributed by atoms with E-state index in [9.17, 15) is 14.4 Å². The molecule has 0 radical (unpaired) electrons. The summed E-state index contributed by atoms with van der Waals surface area (Å²) in [6.45, 7) is 3.15. The molecule has 31 heavy (non-hydrogen) atoms. The maximum atomic E-state index is 12.8. The first-order chi connectivity index (χ1) is 14.8. The van der Waals surface area contributed by atoms with E-state index in [1.807, 2.05) is 11.5 Å². The van der Waals surface area contributed by atoms with E-state index in [2.05, 4.69) is 0 Å². The molecule has 0 bridgehead atoms. The highest BCUT2D eigenvalue weighted by atomic mass is 35.5. The molecule has 2 aromatic carbocycles. The summed E-state index contributed by atoms with van der Waals surface area (Å²) in [7, 11) is 1.55. The lowest BCUT2D eigenvalue weighted by Crippen LogP contribution is -2.33. The Morgan fingerprint density at radius 1 is 1.00 bits per heavy atom. The molecule has 0 fully saturated rings. The number of benzene rings is 2. The molecule has 8 heteroatoms. The third-order valence-electron chi connectivity index (χ3n) is 5.24. The Bertz CT molecular complexity index is 1200. The predicted molar refractivity (Wildman–Crippen MR) is 114 cm³/mol. The van der Waals surface area contributed by atoms with E-state index in [-0.39, 0.29) is 0 Å². The molecule has 0 atom stereocenters. The zero-order valence-corrected chi connectivity index (χ0v) is 17.9. The molecule has 1 aromatic heterocycles. The molecule has 4 rings (SSSR count). The SMILES string of the molecule is COc1ccc(Cl)cc1-n1c(C)cc(C(=O)OCN2C(=O)c3ccccc3C2=O)c1C. The molecule has 0 N–H and O–H groups in total. The smallest absolute Gasteiger partial charge is 0.341 e. The van der Waals surface area contributed by atoms with Gasteiger partial charge >= 0.3 is 5.97 Å². The van der Waals surface area contributed by atoms with Crippen molar-refractivity contribution in [3.05, 3.63) is 81.6 Å². The number of rotatable bonds is 5. The second kappa shape index (κ2) is 7.92. The number of hydrogen-bond donors (Lipinski definition) is 0. The topological polar surface area (TPSA) is 77.8 Å². The number of halogens is 1. The van der Waals surface area contributed by atoms with Crippen LogP contribution in [-0.4, -0.2) is 41.1 Å². The number of carbonyl (C=O) groups excluding carboxylic acids is 3. The fourth-order valence-corrected chi connectivity index (χ4v) is 3.90. The monoisotopic (exact) mass is 438 g/mol. The van der Waals surface area contributed by atoms with Crippen molar-refractivity contribution in [3.63, 3.8) is 0 Å². The fourth-order valence-electron chi connectivity index (χ4n) is 3.74. The first-order valence-corrected chi connectivity index (χ1v) is 9.86. The van der Waals surface area contributed by atoms with E-state index in [1.165, 1.54) is 0 Å². The van der Waals surface area contributed by atoms with E-state index in [0.717, 1.165) is 10.6 Å². The molecule has 0 spiro atoms. The van der Waals surface area contributed by atoms with Crippen LogP contribution in [-0.2, 0) is 4.74 Å². The van der Waals surface area contributed by atoms with E-state index in [1.54, 1.807) is 62.6 Å². The molecule has 0 saturated heterocycles. The van der Waals surface area contributed by atoms with Crippen LogP contribution in [0.25, 0.3) is 5.69 Å². The van der Waals surface area contributed by atoms with E-state index in [0.29, 0.717) is 38.8 Å². The molecular formula is C23H19ClN2O5. The number of aryl methyl sites for hydroxylation is 1. The van der Waals surface area contributed by atoms with Gasteiger partial charge in [-0.1, -0.05) is 23.7 Å². The van der Waals surface area contributed by atoms with Crippen LogP contribution in [0.15, 0.2) is 48.5 Å². The highest BCUT2D eigenvalue weighted by Gasteiger charge is 2.36. The minimum Gasteiger partial charge on any atom is -0.495 e. The van der Waals surface area contributed by atoms with Crippen LogP contribution in [0.4, 0.5) is 0 Å². The molecule has 158 valence electrons. The van der Waals surface area contributed by atoms with Gasteiger partial charge in [-0.3, -0.25) is 9.59 Å². The Balaban J connectivity index is 1.58. The molecule has 0 saturated carbocycles. The summed E-state index contributed by atoms with van der Waals surface area (Å²) in [6, 6.07) is 13.4. The number of imide groups is 1. The Hall–Kier alpha value is -3.58. The zero-order chi connectivity index (χ0) is 22.3. The summed E-state index contributed by atoms with van der Waals surface area (Å²) in [5.41, 5.74) is 2.99. The molecule has 0 aliphatic carbocycles.